The minimum absolute atomic E-state index is 0.0115. The predicted octanol–water partition coefficient (Wildman–Crippen LogP) is 0.169. The van der Waals surface area contributed by atoms with Gasteiger partial charge in [0.05, 0.1) is 0 Å². The second-order valence-corrected chi connectivity index (χ2v) is 4.76. The van der Waals surface area contributed by atoms with Crippen LogP contribution in [0.1, 0.15) is 20.8 Å². The molecule has 5 nitrogen and oxygen atoms in total. The van der Waals surface area contributed by atoms with E-state index >= 15 is 0 Å². The summed E-state index contributed by atoms with van der Waals surface area (Å²) < 4.78 is 0. The highest BCUT2D eigenvalue weighted by Gasteiger charge is 2.10. The molecule has 100 valence electrons. The summed E-state index contributed by atoms with van der Waals surface area (Å²) in [6, 6.07) is 0. The Hall–Kier alpha value is -1.10. The number of rotatable bonds is 7. The van der Waals surface area contributed by atoms with Crippen molar-refractivity contribution < 1.29 is 9.59 Å². The number of amides is 2. The molecule has 2 amide bonds. The summed E-state index contributed by atoms with van der Waals surface area (Å²) in [4.78, 5) is 26.5. The second-order valence-electron chi connectivity index (χ2n) is 4.76. The zero-order valence-electron chi connectivity index (χ0n) is 11.6. The van der Waals surface area contributed by atoms with Gasteiger partial charge in [0.25, 0.3) is 0 Å². The normalized spacial score (nSPS) is 10.8. The van der Waals surface area contributed by atoms with Crippen molar-refractivity contribution >= 4 is 11.8 Å². The molecule has 0 aliphatic rings. The standard InChI is InChI=1S/C12H25N3O2/c1-10(2)12(17)13-6-7-15(11(3)16)9-8-14(4)5/h10H,6-9H2,1-5H3,(H,13,17). The van der Waals surface area contributed by atoms with Crippen LogP contribution in [0.5, 0.6) is 0 Å². The molecule has 1 N–H and O–H groups in total. The highest BCUT2D eigenvalue weighted by Crippen LogP contribution is 1.92. The van der Waals surface area contributed by atoms with Crippen LogP contribution >= 0.6 is 0 Å². The smallest absolute Gasteiger partial charge is 0.222 e. The first-order valence-electron chi connectivity index (χ1n) is 6.02. The maximum absolute atomic E-state index is 11.4. The lowest BCUT2D eigenvalue weighted by Crippen LogP contribution is -2.41. The van der Waals surface area contributed by atoms with Gasteiger partial charge < -0.3 is 15.1 Å². The Morgan fingerprint density at radius 2 is 1.71 bits per heavy atom. The average Bonchev–Trinajstić information content (AvgIpc) is 2.21. The van der Waals surface area contributed by atoms with Gasteiger partial charge in [0.15, 0.2) is 0 Å². The van der Waals surface area contributed by atoms with Crippen molar-refractivity contribution in [3.63, 3.8) is 0 Å². The first-order valence-corrected chi connectivity index (χ1v) is 6.02. The maximum Gasteiger partial charge on any atom is 0.222 e. The van der Waals surface area contributed by atoms with Gasteiger partial charge >= 0.3 is 0 Å². The summed E-state index contributed by atoms with van der Waals surface area (Å²) in [7, 11) is 3.94. The second kappa shape index (κ2) is 8.06. The van der Waals surface area contributed by atoms with E-state index in [4.69, 9.17) is 0 Å². The van der Waals surface area contributed by atoms with E-state index in [0.717, 1.165) is 6.54 Å². The highest BCUT2D eigenvalue weighted by atomic mass is 16.2. The fourth-order valence-corrected chi connectivity index (χ4v) is 1.27. The van der Waals surface area contributed by atoms with Gasteiger partial charge in [0.2, 0.25) is 11.8 Å². The predicted molar refractivity (Wildman–Crippen MR) is 68.7 cm³/mol. The molecule has 0 bridgehead atoms. The van der Waals surface area contributed by atoms with Crippen LogP contribution in [0.3, 0.4) is 0 Å². The Morgan fingerprint density at radius 1 is 1.12 bits per heavy atom. The lowest BCUT2D eigenvalue weighted by Gasteiger charge is -2.23. The molecule has 0 spiro atoms. The van der Waals surface area contributed by atoms with E-state index in [1.54, 1.807) is 11.8 Å². The van der Waals surface area contributed by atoms with Crippen molar-refractivity contribution in [2.24, 2.45) is 5.92 Å². The van der Waals surface area contributed by atoms with Gasteiger partial charge in [-0.15, -0.1) is 0 Å². The summed E-state index contributed by atoms with van der Waals surface area (Å²) in [5.74, 6) is 0.0642. The van der Waals surface area contributed by atoms with Crippen LogP contribution in [0, 0.1) is 5.92 Å². The Balaban J connectivity index is 3.93. The maximum atomic E-state index is 11.4. The fraction of sp³-hybridized carbons (Fsp3) is 0.833. The van der Waals surface area contributed by atoms with Crippen molar-refractivity contribution in [3.8, 4) is 0 Å². The van der Waals surface area contributed by atoms with E-state index in [0.29, 0.717) is 19.6 Å². The Labute approximate surface area is 104 Å². The number of hydrogen-bond acceptors (Lipinski definition) is 3. The largest absolute Gasteiger partial charge is 0.354 e. The topological polar surface area (TPSA) is 52.7 Å². The molecule has 0 aliphatic heterocycles. The highest BCUT2D eigenvalue weighted by molar-refractivity contribution is 5.78. The van der Waals surface area contributed by atoms with E-state index < -0.39 is 0 Å². The molecule has 0 atom stereocenters. The average molecular weight is 243 g/mol. The number of nitrogens with zero attached hydrogens (tertiary/aromatic N) is 2. The molecular formula is C12H25N3O2. The number of nitrogens with one attached hydrogen (secondary N) is 1. The van der Waals surface area contributed by atoms with Crippen LogP contribution in [-0.4, -0.2) is 61.9 Å². The van der Waals surface area contributed by atoms with Crippen molar-refractivity contribution in [1.29, 1.82) is 0 Å². The lowest BCUT2D eigenvalue weighted by molar-refractivity contribution is -0.130. The van der Waals surface area contributed by atoms with E-state index in [1.165, 1.54) is 0 Å². The summed E-state index contributed by atoms with van der Waals surface area (Å²) in [6.07, 6.45) is 0. The molecule has 0 aromatic carbocycles. The number of carbonyl (C=O) groups excluding carboxylic acids is 2. The van der Waals surface area contributed by atoms with E-state index in [9.17, 15) is 9.59 Å². The van der Waals surface area contributed by atoms with Crippen LogP contribution in [0.15, 0.2) is 0 Å². The molecule has 0 aliphatic carbocycles. The zero-order valence-corrected chi connectivity index (χ0v) is 11.6. The first-order chi connectivity index (χ1) is 7.84. The Kier molecular flexibility index (Phi) is 7.54. The van der Waals surface area contributed by atoms with Gasteiger partial charge in [-0.2, -0.15) is 0 Å². The van der Waals surface area contributed by atoms with Gasteiger partial charge in [-0.3, -0.25) is 9.59 Å². The van der Waals surface area contributed by atoms with Crippen molar-refractivity contribution in [2.75, 3.05) is 40.3 Å². The molecule has 0 unspecified atom stereocenters. The van der Waals surface area contributed by atoms with Crippen LogP contribution in [-0.2, 0) is 9.59 Å². The van der Waals surface area contributed by atoms with Gasteiger partial charge in [0, 0.05) is 39.0 Å². The van der Waals surface area contributed by atoms with Crippen LogP contribution < -0.4 is 5.32 Å². The van der Waals surface area contributed by atoms with E-state index in [2.05, 4.69) is 5.32 Å². The lowest BCUT2D eigenvalue weighted by atomic mass is 10.2. The van der Waals surface area contributed by atoms with Crippen LogP contribution in [0.4, 0.5) is 0 Å². The monoisotopic (exact) mass is 243 g/mol. The molecule has 0 rings (SSSR count). The molecule has 0 aromatic rings. The van der Waals surface area contributed by atoms with Crippen LogP contribution in [0.25, 0.3) is 0 Å². The molecule has 0 saturated heterocycles. The van der Waals surface area contributed by atoms with Gasteiger partial charge in [0.1, 0.15) is 0 Å². The van der Waals surface area contributed by atoms with Gasteiger partial charge in [-0.1, -0.05) is 13.8 Å². The molecule has 5 heteroatoms. The fourth-order valence-electron chi connectivity index (χ4n) is 1.27. The molecule has 0 heterocycles. The summed E-state index contributed by atoms with van der Waals surface area (Å²) in [5.41, 5.74) is 0. The Morgan fingerprint density at radius 3 is 2.12 bits per heavy atom. The summed E-state index contributed by atoms with van der Waals surface area (Å²) >= 11 is 0. The molecule has 0 fully saturated rings. The number of hydrogen-bond donors (Lipinski definition) is 1. The molecule has 0 radical (unpaired) electrons. The van der Waals surface area contributed by atoms with Gasteiger partial charge in [-0.05, 0) is 14.1 Å². The number of likely N-dealkylation sites (N-methyl/N-ethyl adjacent to an activating group) is 1. The molecule has 0 saturated carbocycles. The third-order valence-electron chi connectivity index (χ3n) is 2.47. The zero-order chi connectivity index (χ0) is 13.4. The number of carbonyl (C=O) groups is 2. The summed E-state index contributed by atoms with van der Waals surface area (Å²) in [5, 5.41) is 2.81. The van der Waals surface area contributed by atoms with Crippen molar-refractivity contribution in [3.05, 3.63) is 0 Å². The van der Waals surface area contributed by atoms with E-state index in [1.807, 2.05) is 32.8 Å². The molecule has 17 heavy (non-hydrogen) atoms. The SMILES string of the molecule is CC(=O)N(CCNC(=O)C(C)C)CCN(C)C. The minimum atomic E-state index is -0.0115. The quantitative estimate of drug-likeness (QED) is 0.693. The third-order valence-corrected chi connectivity index (χ3v) is 2.47. The van der Waals surface area contributed by atoms with Crippen molar-refractivity contribution in [1.82, 2.24) is 15.1 Å². The van der Waals surface area contributed by atoms with Gasteiger partial charge in [-0.25, -0.2) is 0 Å². The molecule has 0 aromatic heterocycles. The van der Waals surface area contributed by atoms with E-state index in [-0.39, 0.29) is 17.7 Å². The minimum Gasteiger partial charge on any atom is -0.354 e. The van der Waals surface area contributed by atoms with Crippen LogP contribution in [0.2, 0.25) is 0 Å². The summed E-state index contributed by atoms with van der Waals surface area (Å²) in [6.45, 7) is 7.87. The third kappa shape index (κ3) is 7.74. The van der Waals surface area contributed by atoms with Crippen molar-refractivity contribution in [2.45, 2.75) is 20.8 Å². The molecular weight excluding hydrogens is 218 g/mol. The Bertz CT molecular complexity index is 252. The first kappa shape index (κ1) is 15.9.